The minimum absolute atomic E-state index is 0.258. The number of benzene rings is 3. The first-order valence-electron chi connectivity index (χ1n) is 8.64. The number of para-hydroxylation sites is 1. The molecule has 27 heavy (non-hydrogen) atoms. The van der Waals surface area contributed by atoms with Crippen LogP contribution in [0.3, 0.4) is 0 Å². The van der Waals surface area contributed by atoms with Crippen molar-refractivity contribution in [2.75, 3.05) is 0 Å². The molecule has 2 nitrogen and oxygen atoms in total. The summed E-state index contributed by atoms with van der Waals surface area (Å²) < 4.78 is 20.6. The third kappa shape index (κ3) is 3.67. The Morgan fingerprint density at radius 2 is 1.67 bits per heavy atom. The Morgan fingerprint density at radius 3 is 2.44 bits per heavy atom. The van der Waals surface area contributed by atoms with Gasteiger partial charge in [-0.05, 0) is 53.7 Å². The maximum Gasteiger partial charge on any atom is 0.426 e. The Bertz CT molecular complexity index is 1100. The van der Waals surface area contributed by atoms with Gasteiger partial charge in [0.15, 0.2) is 0 Å². The molecule has 1 heterocycles. The standard InChI is InChI=1S/C22H16BClFNO/c1-15-7-8-18(14-20(15)25)23(17-9-11-19(24)12-10-17)27-21-6-2-4-16-5-3-13-26-22(16)21/h2-14H,1H3. The molecule has 0 aliphatic heterocycles. The van der Waals surface area contributed by atoms with Crippen molar-refractivity contribution in [1.82, 2.24) is 4.98 Å². The number of aromatic nitrogens is 1. The highest BCUT2D eigenvalue weighted by molar-refractivity contribution is 6.80. The lowest BCUT2D eigenvalue weighted by Crippen LogP contribution is -2.47. The molecule has 3 aromatic carbocycles. The number of aryl methyl sites for hydroxylation is 1. The summed E-state index contributed by atoms with van der Waals surface area (Å²) in [4.78, 5) is 4.45. The second-order valence-electron chi connectivity index (χ2n) is 6.39. The van der Waals surface area contributed by atoms with Crippen LogP contribution < -0.4 is 15.6 Å². The average molecular weight is 376 g/mol. The average Bonchev–Trinajstić information content (AvgIpc) is 2.69. The third-order valence-electron chi connectivity index (χ3n) is 4.51. The summed E-state index contributed by atoms with van der Waals surface area (Å²) in [5, 5.41) is 1.62. The lowest BCUT2D eigenvalue weighted by Gasteiger charge is -2.18. The Balaban J connectivity index is 1.82. The molecule has 0 saturated carbocycles. The number of fused-ring (bicyclic) bond motifs is 1. The smallest absolute Gasteiger partial charge is 0.426 e. The highest BCUT2D eigenvalue weighted by Crippen LogP contribution is 2.23. The summed E-state index contributed by atoms with van der Waals surface area (Å²) in [6, 6.07) is 22.2. The zero-order valence-corrected chi connectivity index (χ0v) is 15.5. The predicted octanol–water partition coefficient (Wildman–Crippen LogP) is 4.52. The van der Waals surface area contributed by atoms with Crippen molar-refractivity contribution in [2.24, 2.45) is 0 Å². The van der Waals surface area contributed by atoms with Crippen molar-refractivity contribution in [1.29, 1.82) is 0 Å². The number of pyridine rings is 1. The van der Waals surface area contributed by atoms with E-state index in [0.29, 0.717) is 16.3 Å². The monoisotopic (exact) mass is 375 g/mol. The van der Waals surface area contributed by atoms with Crippen LogP contribution in [0.1, 0.15) is 5.56 Å². The second kappa shape index (κ2) is 7.41. The van der Waals surface area contributed by atoms with Crippen LogP contribution in [-0.4, -0.2) is 11.9 Å². The second-order valence-corrected chi connectivity index (χ2v) is 6.83. The topological polar surface area (TPSA) is 22.1 Å². The van der Waals surface area contributed by atoms with E-state index < -0.39 is 6.92 Å². The molecule has 0 bridgehead atoms. The summed E-state index contributed by atoms with van der Waals surface area (Å²) in [6.45, 7) is 1.26. The van der Waals surface area contributed by atoms with Crippen molar-refractivity contribution >= 4 is 40.3 Å². The maximum atomic E-state index is 14.2. The molecule has 0 N–H and O–H groups in total. The van der Waals surface area contributed by atoms with Gasteiger partial charge in [-0.2, -0.15) is 0 Å². The summed E-state index contributed by atoms with van der Waals surface area (Å²) >= 11 is 6.04. The van der Waals surface area contributed by atoms with Gasteiger partial charge in [-0.15, -0.1) is 0 Å². The van der Waals surface area contributed by atoms with Gasteiger partial charge in [0.25, 0.3) is 0 Å². The molecule has 0 aliphatic carbocycles. The molecule has 4 aromatic rings. The van der Waals surface area contributed by atoms with E-state index in [1.165, 1.54) is 6.07 Å². The van der Waals surface area contributed by atoms with Crippen LogP contribution in [0.2, 0.25) is 5.02 Å². The van der Waals surface area contributed by atoms with Gasteiger partial charge >= 0.3 is 6.92 Å². The van der Waals surface area contributed by atoms with E-state index in [4.69, 9.17) is 16.3 Å². The first-order chi connectivity index (χ1) is 13.1. The lowest BCUT2D eigenvalue weighted by molar-refractivity contribution is 0.594. The van der Waals surface area contributed by atoms with Crippen LogP contribution in [0, 0.1) is 12.7 Å². The van der Waals surface area contributed by atoms with Crippen molar-refractivity contribution in [3.05, 3.63) is 95.4 Å². The van der Waals surface area contributed by atoms with Gasteiger partial charge in [0.05, 0.1) is 0 Å². The van der Waals surface area contributed by atoms with Crippen LogP contribution in [0.5, 0.6) is 5.75 Å². The SMILES string of the molecule is Cc1ccc(B(Oc2cccc3cccnc23)c2ccc(Cl)cc2)cc1F. The van der Waals surface area contributed by atoms with Crippen molar-refractivity contribution in [2.45, 2.75) is 6.92 Å². The van der Waals surface area contributed by atoms with E-state index in [1.54, 1.807) is 31.3 Å². The van der Waals surface area contributed by atoms with Crippen LogP contribution in [0.15, 0.2) is 79.0 Å². The van der Waals surface area contributed by atoms with E-state index in [-0.39, 0.29) is 5.82 Å². The van der Waals surface area contributed by atoms with E-state index in [2.05, 4.69) is 4.98 Å². The molecule has 0 aliphatic rings. The van der Waals surface area contributed by atoms with Crippen LogP contribution >= 0.6 is 11.6 Å². The molecule has 0 amide bonds. The molecule has 4 rings (SSSR count). The van der Waals surface area contributed by atoms with E-state index in [0.717, 1.165) is 21.8 Å². The Labute approximate surface area is 162 Å². The van der Waals surface area contributed by atoms with Gasteiger partial charge in [-0.1, -0.05) is 54.1 Å². The predicted molar refractivity (Wildman–Crippen MR) is 110 cm³/mol. The van der Waals surface area contributed by atoms with Crippen LogP contribution in [0.4, 0.5) is 4.39 Å². The van der Waals surface area contributed by atoms with Crippen molar-refractivity contribution in [3.63, 3.8) is 0 Å². The highest BCUT2D eigenvalue weighted by Gasteiger charge is 2.25. The van der Waals surface area contributed by atoms with Crippen molar-refractivity contribution < 1.29 is 9.04 Å². The molecule has 1 aromatic heterocycles. The fourth-order valence-corrected chi connectivity index (χ4v) is 3.16. The molecular formula is C22H16BClFNO. The number of nitrogens with zero attached hydrogens (tertiary/aromatic N) is 1. The molecule has 0 spiro atoms. The summed E-state index contributed by atoms with van der Waals surface area (Å²) in [6.07, 6.45) is 1.73. The molecule has 0 fully saturated rings. The molecule has 0 radical (unpaired) electrons. The zero-order valence-electron chi connectivity index (χ0n) is 14.7. The quantitative estimate of drug-likeness (QED) is 0.489. The number of rotatable bonds is 4. The number of hydrogen-bond acceptors (Lipinski definition) is 2. The normalized spacial score (nSPS) is 10.8. The number of hydrogen-bond donors (Lipinski definition) is 0. The zero-order chi connectivity index (χ0) is 18.8. The van der Waals surface area contributed by atoms with E-state index in [1.807, 2.05) is 48.5 Å². The Morgan fingerprint density at radius 1 is 0.926 bits per heavy atom. The number of halogens is 2. The summed E-state index contributed by atoms with van der Waals surface area (Å²) in [7, 11) is 0. The Kier molecular flexibility index (Phi) is 4.82. The van der Waals surface area contributed by atoms with Gasteiger partial charge in [0, 0.05) is 16.6 Å². The highest BCUT2D eigenvalue weighted by atomic mass is 35.5. The lowest BCUT2D eigenvalue weighted by atomic mass is 9.55. The van der Waals surface area contributed by atoms with E-state index >= 15 is 0 Å². The minimum atomic E-state index is -0.482. The molecule has 0 unspecified atom stereocenters. The van der Waals surface area contributed by atoms with Gasteiger partial charge in [-0.3, -0.25) is 4.98 Å². The van der Waals surface area contributed by atoms with Crippen LogP contribution in [-0.2, 0) is 0 Å². The Hall–Kier alpha value is -2.85. The molecule has 0 atom stereocenters. The van der Waals surface area contributed by atoms with E-state index in [9.17, 15) is 4.39 Å². The first-order valence-corrected chi connectivity index (χ1v) is 9.01. The summed E-state index contributed by atoms with van der Waals surface area (Å²) in [5.41, 5.74) is 2.98. The fourth-order valence-electron chi connectivity index (χ4n) is 3.04. The van der Waals surface area contributed by atoms with Gasteiger partial charge < -0.3 is 4.65 Å². The minimum Gasteiger partial charge on any atom is -0.550 e. The van der Waals surface area contributed by atoms with Gasteiger partial charge in [-0.25, -0.2) is 4.39 Å². The van der Waals surface area contributed by atoms with Crippen molar-refractivity contribution in [3.8, 4) is 5.75 Å². The van der Waals surface area contributed by atoms with Gasteiger partial charge in [0.1, 0.15) is 17.1 Å². The molecule has 5 heteroatoms. The van der Waals surface area contributed by atoms with Crippen LogP contribution in [0.25, 0.3) is 10.9 Å². The summed E-state index contributed by atoms with van der Waals surface area (Å²) in [5.74, 6) is 0.389. The molecular weight excluding hydrogens is 360 g/mol. The fraction of sp³-hybridized carbons (Fsp3) is 0.0455. The largest absolute Gasteiger partial charge is 0.550 e. The third-order valence-corrected chi connectivity index (χ3v) is 4.76. The molecule has 0 saturated heterocycles. The first kappa shape index (κ1) is 17.6. The van der Waals surface area contributed by atoms with Gasteiger partial charge in [0.2, 0.25) is 0 Å². The molecule has 132 valence electrons. The maximum absolute atomic E-state index is 14.2.